The fraction of sp³-hybridized carbons (Fsp3) is 0.200. The lowest BCUT2D eigenvalue weighted by Crippen LogP contribution is -2.60. The summed E-state index contributed by atoms with van der Waals surface area (Å²) in [5, 5.41) is 10.3. The third-order valence-electron chi connectivity index (χ3n) is 15.0. The second-order valence-electron chi connectivity index (χ2n) is 22.1. The first-order valence-corrected chi connectivity index (χ1v) is 25.1. The van der Waals surface area contributed by atoms with Crippen molar-refractivity contribution in [3.05, 3.63) is 150 Å². The van der Waals surface area contributed by atoms with E-state index in [1.54, 1.807) is 0 Å². The van der Waals surface area contributed by atoms with Crippen LogP contribution in [0.5, 0.6) is 0 Å². The summed E-state index contributed by atoms with van der Waals surface area (Å²) in [6.45, 7) is 20.7. The maximum atomic E-state index is 6.94. The molecule has 0 radical (unpaired) electrons. The zero-order valence-electron chi connectivity index (χ0n) is 38.9. The van der Waals surface area contributed by atoms with Gasteiger partial charge in [-0.1, -0.05) is 129 Å². The van der Waals surface area contributed by atoms with Gasteiger partial charge in [-0.15, -0.1) is 22.7 Å². The summed E-state index contributed by atoms with van der Waals surface area (Å²) in [5.41, 5.74) is 17.3. The van der Waals surface area contributed by atoms with E-state index in [2.05, 4.69) is 205 Å². The topological polar surface area (TPSA) is 21.3 Å². The first-order chi connectivity index (χ1) is 31.6. The Hall–Kier alpha value is -6.34. The summed E-state index contributed by atoms with van der Waals surface area (Å²) in [4.78, 5) is 2.71. The van der Waals surface area contributed by atoms with E-state index in [9.17, 15) is 0 Å². The Bertz CT molecular complexity index is 4120. The zero-order valence-corrected chi connectivity index (χ0v) is 40.5. The fourth-order valence-corrected chi connectivity index (χ4v) is 14.0. The zero-order chi connectivity index (χ0) is 44.9. The van der Waals surface area contributed by atoms with E-state index in [0.717, 1.165) is 16.6 Å². The van der Waals surface area contributed by atoms with Crippen molar-refractivity contribution in [2.24, 2.45) is 0 Å². The average molecular weight is 889 g/mol. The number of aromatic nitrogens is 1. The molecule has 0 unspecified atom stereocenters. The molecule has 12 aromatic rings. The van der Waals surface area contributed by atoms with Gasteiger partial charge in [0.2, 0.25) is 0 Å². The molecule has 66 heavy (non-hydrogen) atoms. The molecule has 6 heterocycles. The number of hydrogen-bond acceptors (Lipinski definition) is 4. The van der Waals surface area contributed by atoms with E-state index in [4.69, 9.17) is 4.42 Å². The normalized spacial score (nSPS) is 14.1. The van der Waals surface area contributed by atoms with Crippen molar-refractivity contribution in [1.29, 1.82) is 0 Å². The number of benzene rings is 8. The summed E-state index contributed by atoms with van der Waals surface area (Å²) >= 11 is 3.87. The minimum atomic E-state index is -0.128. The average Bonchev–Trinajstić information content (AvgIpc) is 4.04. The third-order valence-corrected chi connectivity index (χ3v) is 17.3. The molecule has 0 amide bonds. The monoisotopic (exact) mass is 888 g/mol. The predicted molar refractivity (Wildman–Crippen MR) is 289 cm³/mol. The van der Waals surface area contributed by atoms with Gasteiger partial charge in [0, 0.05) is 84.5 Å². The molecule has 320 valence electrons. The van der Waals surface area contributed by atoms with E-state index in [0.29, 0.717) is 0 Å². The second kappa shape index (κ2) is 12.8. The number of fused-ring (bicyclic) bond motifs is 19. The van der Waals surface area contributed by atoms with Crippen molar-refractivity contribution in [2.75, 3.05) is 4.81 Å². The Kier molecular flexibility index (Phi) is 7.52. The van der Waals surface area contributed by atoms with E-state index in [1.807, 2.05) is 22.7 Å². The highest BCUT2D eigenvalue weighted by Gasteiger charge is 2.46. The van der Waals surface area contributed by atoms with Gasteiger partial charge in [0.15, 0.2) is 0 Å². The number of thiophene rings is 2. The highest BCUT2D eigenvalue weighted by Crippen LogP contribution is 2.54. The molecule has 2 aliphatic rings. The molecule has 0 atom stereocenters. The van der Waals surface area contributed by atoms with Gasteiger partial charge in [-0.05, 0) is 116 Å². The molecule has 6 heteroatoms. The van der Waals surface area contributed by atoms with Gasteiger partial charge in [0.1, 0.15) is 11.2 Å². The third kappa shape index (κ3) is 5.15. The van der Waals surface area contributed by atoms with Crippen LogP contribution in [0.4, 0.5) is 11.4 Å². The van der Waals surface area contributed by atoms with Crippen LogP contribution in [-0.2, 0) is 16.2 Å². The Morgan fingerprint density at radius 3 is 1.85 bits per heavy atom. The van der Waals surface area contributed by atoms with Crippen LogP contribution in [0, 0.1) is 0 Å². The fourth-order valence-electron chi connectivity index (χ4n) is 11.6. The van der Waals surface area contributed by atoms with E-state index in [1.165, 1.54) is 123 Å². The number of rotatable bonds is 1. The van der Waals surface area contributed by atoms with E-state index in [-0.39, 0.29) is 23.1 Å². The van der Waals surface area contributed by atoms with Crippen molar-refractivity contribution in [3.8, 4) is 16.8 Å². The predicted octanol–water partition coefficient (Wildman–Crippen LogP) is 16.5. The van der Waals surface area contributed by atoms with Crippen molar-refractivity contribution >= 4 is 136 Å². The first-order valence-electron chi connectivity index (χ1n) is 23.4. The van der Waals surface area contributed by atoms with Gasteiger partial charge < -0.3 is 13.8 Å². The molecule has 0 saturated carbocycles. The van der Waals surface area contributed by atoms with Crippen molar-refractivity contribution in [3.63, 3.8) is 0 Å². The lowest BCUT2D eigenvalue weighted by atomic mass is 9.43. The summed E-state index contributed by atoms with van der Waals surface area (Å²) in [5.74, 6) is 0. The minimum Gasteiger partial charge on any atom is -0.456 e. The molecule has 14 rings (SSSR count). The van der Waals surface area contributed by atoms with Crippen molar-refractivity contribution in [2.45, 2.75) is 78.6 Å². The molecule has 0 saturated heterocycles. The SMILES string of the molecule is CC(C)(C)c1ccc(N2B3c4cc5c(cc4-n4c6ccc(C(C)(C)C)cc6c6c7sc8ccccc8c7c(c3c64)-c3cc4oc6ccc(C(C)(C)C)cc6c4cc32)sc2ccccc25)cc1. The van der Waals surface area contributed by atoms with Crippen molar-refractivity contribution < 1.29 is 4.42 Å². The molecule has 0 spiro atoms. The largest absolute Gasteiger partial charge is 0.456 e. The number of hydrogen-bond donors (Lipinski definition) is 0. The lowest BCUT2D eigenvalue weighted by molar-refractivity contribution is 0.590. The highest BCUT2D eigenvalue weighted by molar-refractivity contribution is 7.27. The highest BCUT2D eigenvalue weighted by atomic mass is 32.1. The molecule has 0 bridgehead atoms. The molecule has 2 aliphatic heterocycles. The smallest absolute Gasteiger partial charge is 0.333 e. The van der Waals surface area contributed by atoms with Crippen LogP contribution in [0.2, 0.25) is 0 Å². The van der Waals surface area contributed by atoms with Gasteiger partial charge >= 0.3 is 6.85 Å². The Morgan fingerprint density at radius 2 is 1.12 bits per heavy atom. The quantitative estimate of drug-likeness (QED) is 0.153. The summed E-state index contributed by atoms with van der Waals surface area (Å²) in [6, 6.07) is 51.7. The van der Waals surface area contributed by atoms with Crippen LogP contribution in [0.25, 0.3) is 101 Å². The van der Waals surface area contributed by atoms with Gasteiger partial charge in [-0.25, -0.2) is 0 Å². The molecule has 8 aromatic carbocycles. The molecule has 0 fully saturated rings. The van der Waals surface area contributed by atoms with Crippen LogP contribution in [0.1, 0.15) is 79.0 Å². The molecule has 4 aromatic heterocycles. The van der Waals surface area contributed by atoms with Gasteiger partial charge in [-0.3, -0.25) is 0 Å². The minimum absolute atomic E-state index is 0.00216. The Labute approximate surface area is 393 Å². The Morgan fingerprint density at radius 1 is 0.485 bits per heavy atom. The Balaban J connectivity index is 1.23. The molecule has 0 aliphatic carbocycles. The summed E-state index contributed by atoms with van der Waals surface area (Å²) in [6.07, 6.45) is 0. The van der Waals surface area contributed by atoms with Crippen LogP contribution in [0.3, 0.4) is 0 Å². The van der Waals surface area contributed by atoms with Crippen LogP contribution >= 0.6 is 22.7 Å². The van der Waals surface area contributed by atoms with Gasteiger partial charge in [0.25, 0.3) is 0 Å². The van der Waals surface area contributed by atoms with Crippen molar-refractivity contribution in [1.82, 2.24) is 4.57 Å². The lowest BCUT2D eigenvalue weighted by Gasteiger charge is -2.42. The molecular weight excluding hydrogens is 840 g/mol. The molecule has 3 nitrogen and oxygen atoms in total. The van der Waals surface area contributed by atoms with E-state index >= 15 is 0 Å². The van der Waals surface area contributed by atoms with Gasteiger partial charge in [-0.2, -0.15) is 0 Å². The maximum Gasteiger partial charge on any atom is 0.333 e. The summed E-state index contributed by atoms with van der Waals surface area (Å²) < 4.78 is 14.9. The summed E-state index contributed by atoms with van der Waals surface area (Å²) in [7, 11) is 0. The van der Waals surface area contributed by atoms with Crippen LogP contribution in [0.15, 0.2) is 138 Å². The number of anilines is 2. The second-order valence-corrected chi connectivity index (χ2v) is 24.3. The standard InChI is InChI=1S/C60H49BN2OS2/c1-58(2,3)32-18-22-35(23-19-32)63-45-29-39-38-26-34(60(7,8)9)21-25-47(38)64-48(39)30-42(45)52-53-37-15-11-13-17-50(37)66-57(53)54-41-27-33(59(4,5)6)20-24-44(41)62-46-31-51-40(36-14-10-12-16-49(36)65-51)28-43(46)61(63)55(52)56(54)62/h10-31H,1-9H3. The molecule has 0 N–H and O–H groups in total. The van der Waals surface area contributed by atoms with E-state index < -0.39 is 0 Å². The van der Waals surface area contributed by atoms with Crippen LogP contribution < -0.4 is 15.7 Å². The molecular formula is C60H49BN2OS2. The van der Waals surface area contributed by atoms with Gasteiger partial charge in [0.05, 0.1) is 11.0 Å². The number of nitrogens with zero attached hydrogens (tertiary/aromatic N) is 2. The maximum absolute atomic E-state index is 6.94. The number of furan rings is 1. The van der Waals surface area contributed by atoms with Crippen LogP contribution in [-0.4, -0.2) is 11.4 Å². The first kappa shape index (κ1) is 38.9.